The van der Waals surface area contributed by atoms with Gasteiger partial charge in [-0.1, -0.05) is 0 Å². The maximum absolute atomic E-state index is 11.8. The summed E-state index contributed by atoms with van der Waals surface area (Å²) in [6.45, 7) is 4.20. The van der Waals surface area contributed by atoms with Crippen LogP contribution >= 0.6 is 0 Å². The molecular weight excluding hydrogens is 230 g/mol. The highest BCUT2D eigenvalue weighted by molar-refractivity contribution is 5.94. The molecule has 1 aliphatic rings. The van der Waals surface area contributed by atoms with E-state index in [1.165, 1.54) is 0 Å². The van der Waals surface area contributed by atoms with E-state index in [-0.39, 0.29) is 12.0 Å². The van der Waals surface area contributed by atoms with Crippen molar-refractivity contribution in [1.29, 1.82) is 0 Å². The lowest BCUT2D eigenvalue weighted by atomic mass is 10.2. The Morgan fingerprint density at radius 2 is 2.44 bits per heavy atom. The number of rotatable bonds is 5. The Labute approximate surface area is 107 Å². The largest absolute Gasteiger partial charge is 0.376 e. The average molecular weight is 249 g/mol. The van der Waals surface area contributed by atoms with Crippen LogP contribution in [0.25, 0.3) is 0 Å². The van der Waals surface area contributed by atoms with E-state index < -0.39 is 0 Å². The van der Waals surface area contributed by atoms with Crippen molar-refractivity contribution in [2.45, 2.75) is 25.9 Å². The van der Waals surface area contributed by atoms with Crippen LogP contribution in [0.15, 0.2) is 18.3 Å². The van der Waals surface area contributed by atoms with Gasteiger partial charge in [-0.3, -0.25) is 4.79 Å². The summed E-state index contributed by atoms with van der Waals surface area (Å²) in [5, 5.41) is 5.96. The molecule has 1 fully saturated rings. The number of anilines is 1. The quantitative estimate of drug-likeness (QED) is 0.828. The fraction of sp³-hybridized carbons (Fsp3) is 0.538. The fourth-order valence-corrected chi connectivity index (χ4v) is 1.93. The van der Waals surface area contributed by atoms with Gasteiger partial charge in [0.05, 0.1) is 11.7 Å². The Balaban J connectivity index is 1.83. The van der Waals surface area contributed by atoms with E-state index >= 15 is 0 Å². The molecule has 1 aromatic heterocycles. The first-order chi connectivity index (χ1) is 8.79. The van der Waals surface area contributed by atoms with Crippen molar-refractivity contribution < 1.29 is 9.53 Å². The third-order valence-electron chi connectivity index (χ3n) is 2.90. The Hall–Kier alpha value is -1.62. The molecule has 0 saturated carbocycles. The molecule has 2 rings (SSSR count). The van der Waals surface area contributed by atoms with Gasteiger partial charge in [-0.25, -0.2) is 4.98 Å². The minimum absolute atomic E-state index is 0.0963. The molecule has 1 aliphatic heterocycles. The Kier molecular flexibility index (Phi) is 4.52. The molecule has 2 N–H and O–H groups in total. The first-order valence-electron chi connectivity index (χ1n) is 6.39. The highest BCUT2D eigenvalue weighted by atomic mass is 16.5. The molecule has 5 heteroatoms. The van der Waals surface area contributed by atoms with Crippen LogP contribution in [0.2, 0.25) is 0 Å². The minimum Gasteiger partial charge on any atom is -0.376 e. The number of pyridine rings is 1. The first kappa shape index (κ1) is 12.8. The Bertz CT molecular complexity index is 386. The lowest BCUT2D eigenvalue weighted by Crippen LogP contribution is -2.31. The average Bonchev–Trinajstić information content (AvgIpc) is 2.90. The molecule has 98 valence electrons. The molecule has 0 aliphatic carbocycles. The van der Waals surface area contributed by atoms with Gasteiger partial charge >= 0.3 is 0 Å². The summed E-state index contributed by atoms with van der Waals surface area (Å²) in [4.78, 5) is 16.0. The fourth-order valence-electron chi connectivity index (χ4n) is 1.93. The van der Waals surface area contributed by atoms with Crippen molar-refractivity contribution in [3.05, 3.63) is 23.9 Å². The standard InChI is InChI=1S/C13H19N3O2/c1-2-14-12-6-5-10(8-15-12)13(17)16-9-11-4-3-7-18-11/h5-6,8,11H,2-4,7,9H2,1H3,(H,14,15)(H,16,17). The van der Waals surface area contributed by atoms with E-state index in [9.17, 15) is 4.79 Å². The molecule has 2 heterocycles. The van der Waals surface area contributed by atoms with Crippen LogP contribution in [-0.4, -0.2) is 36.7 Å². The van der Waals surface area contributed by atoms with E-state index in [2.05, 4.69) is 15.6 Å². The predicted molar refractivity (Wildman–Crippen MR) is 69.7 cm³/mol. The molecule has 1 unspecified atom stereocenters. The summed E-state index contributed by atoms with van der Waals surface area (Å²) in [7, 11) is 0. The maximum Gasteiger partial charge on any atom is 0.252 e. The Morgan fingerprint density at radius 1 is 1.56 bits per heavy atom. The van der Waals surface area contributed by atoms with Crippen LogP contribution < -0.4 is 10.6 Å². The molecule has 1 saturated heterocycles. The third-order valence-corrected chi connectivity index (χ3v) is 2.90. The zero-order valence-electron chi connectivity index (χ0n) is 10.6. The van der Waals surface area contributed by atoms with Gasteiger partial charge in [0.15, 0.2) is 0 Å². The lowest BCUT2D eigenvalue weighted by Gasteiger charge is -2.10. The van der Waals surface area contributed by atoms with Crippen LogP contribution in [0.3, 0.4) is 0 Å². The number of ether oxygens (including phenoxy) is 1. The lowest BCUT2D eigenvalue weighted by molar-refractivity contribution is 0.0857. The summed E-state index contributed by atoms with van der Waals surface area (Å²) >= 11 is 0. The van der Waals surface area contributed by atoms with Gasteiger partial charge in [0.2, 0.25) is 0 Å². The molecule has 1 atom stereocenters. The zero-order chi connectivity index (χ0) is 12.8. The van der Waals surface area contributed by atoms with Gasteiger partial charge in [-0.2, -0.15) is 0 Å². The van der Waals surface area contributed by atoms with Gasteiger partial charge < -0.3 is 15.4 Å². The van der Waals surface area contributed by atoms with Crippen molar-refractivity contribution in [2.75, 3.05) is 25.0 Å². The molecule has 0 bridgehead atoms. The van der Waals surface area contributed by atoms with E-state index in [1.54, 1.807) is 12.3 Å². The van der Waals surface area contributed by atoms with Crippen LogP contribution in [0.5, 0.6) is 0 Å². The highest BCUT2D eigenvalue weighted by Crippen LogP contribution is 2.11. The summed E-state index contributed by atoms with van der Waals surface area (Å²) in [5.74, 6) is 0.689. The van der Waals surface area contributed by atoms with Crippen LogP contribution in [-0.2, 0) is 4.74 Å². The highest BCUT2D eigenvalue weighted by Gasteiger charge is 2.16. The van der Waals surface area contributed by atoms with Crippen molar-refractivity contribution in [3.8, 4) is 0 Å². The Morgan fingerprint density at radius 3 is 3.06 bits per heavy atom. The minimum atomic E-state index is -0.0963. The number of hydrogen-bond donors (Lipinski definition) is 2. The molecule has 0 radical (unpaired) electrons. The van der Waals surface area contributed by atoms with Crippen LogP contribution in [0.1, 0.15) is 30.1 Å². The second-order valence-electron chi connectivity index (χ2n) is 4.31. The van der Waals surface area contributed by atoms with E-state index in [4.69, 9.17) is 4.74 Å². The second kappa shape index (κ2) is 6.35. The molecule has 1 aromatic rings. The number of carbonyl (C=O) groups is 1. The van der Waals surface area contributed by atoms with Gasteiger partial charge in [0.1, 0.15) is 5.82 Å². The molecular formula is C13H19N3O2. The normalized spacial score (nSPS) is 18.6. The molecule has 1 amide bonds. The number of carbonyl (C=O) groups excluding carboxylic acids is 1. The molecule has 0 aromatic carbocycles. The summed E-state index contributed by atoms with van der Waals surface area (Å²) < 4.78 is 5.45. The molecule has 18 heavy (non-hydrogen) atoms. The third kappa shape index (κ3) is 3.43. The number of nitrogens with one attached hydrogen (secondary N) is 2. The smallest absolute Gasteiger partial charge is 0.252 e. The number of hydrogen-bond acceptors (Lipinski definition) is 4. The van der Waals surface area contributed by atoms with Crippen LogP contribution in [0, 0.1) is 0 Å². The van der Waals surface area contributed by atoms with Crippen molar-refractivity contribution in [3.63, 3.8) is 0 Å². The van der Waals surface area contributed by atoms with Gasteiger partial charge in [0.25, 0.3) is 5.91 Å². The van der Waals surface area contributed by atoms with Crippen LogP contribution in [0.4, 0.5) is 5.82 Å². The van der Waals surface area contributed by atoms with Gasteiger partial charge in [-0.05, 0) is 31.9 Å². The summed E-state index contributed by atoms with van der Waals surface area (Å²) in [6.07, 6.45) is 3.86. The topological polar surface area (TPSA) is 63.2 Å². The van der Waals surface area contributed by atoms with Gasteiger partial charge in [-0.15, -0.1) is 0 Å². The monoisotopic (exact) mass is 249 g/mol. The van der Waals surface area contributed by atoms with E-state index in [0.29, 0.717) is 12.1 Å². The van der Waals surface area contributed by atoms with E-state index in [1.807, 2.05) is 13.0 Å². The second-order valence-corrected chi connectivity index (χ2v) is 4.31. The summed E-state index contributed by atoms with van der Waals surface area (Å²) in [5.41, 5.74) is 0.578. The maximum atomic E-state index is 11.8. The first-order valence-corrected chi connectivity index (χ1v) is 6.39. The number of amides is 1. The summed E-state index contributed by atoms with van der Waals surface area (Å²) in [6, 6.07) is 3.58. The number of nitrogens with zero attached hydrogens (tertiary/aromatic N) is 1. The predicted octanol–water partition coefficient (Wildman–Crippen LogP) is 1.42. The van der Waals surface area contributed by atoms with Crippen molar-refractivity contribution in [1.82, 2.24) is 10.3 Å². The van der Waals surface area contributed by atoms with E-state index in [0.717, 1.165) is 31.8 Å². The number of aromatic nitrogens is 1. The van der Waals surface area contributed by atoms with Crippen molar-refractivity contribution in [2.24, 2.45) is 0 Å². The SMILES string of the molecule is CCNc1ccc(C(=O)NCC2CCCO2)cn1. The van der Waals surface area contributed by atoms with Gasteiger partial charge in [0, 0.05) is 25.9 Å². The van der Waals surface area contributed by atoms with Crippen molar-refractivity contribution >= 4 is 11.7 Å². The molecule has 5 nitrogen and oxygen atoms in total. The molecule has 0 spiro atoms. The zero-order valence-corrected chi connectivity index (χ0v) is 10.6.